The van der Waals surface area contributed by atoms with Crippen molar-refractivity contribution in [3.63, 3.8) is 0 Å². The van der Waals surface area contributed by atoms with E-state index in [0.29, 0.717) is 0 Å². The van der Waals surface area contributed by atoms with Crippen molar-refractivity contribution in [3.8, 4) is 22.3 Å². The quantitative estimate of drug-likeness (QED) is 0.149. The molecule has 2 heterocycles. The van der Waals surface area contributed by atoms with Gasteiger partial charge in [0.05, 0.1) is 17.1 Å². The second-order valence-electron chi connectivity index (χ2n) is 16.4. The molecule has 0 fully saturated rings. The number of rotatable bonds is 7. The fraction of sp³-hybridized carbons (Fsp3) is 0. The zero-order valence-electron chi connectivity index (χ0n) is 34.7. The van der Waals surface area contributed by atoms with Crippen LogP contribution in [-0.2, 0) is 0 Å². The zero-order valence-corrected chi connectivity index (χ0v) is 35.5. The van der Waals surface area contributed by atoms with E-state index in [9.17, 15) is 0 Å². The summed E-state index contributed by atoms with van der Waals surface area (Å²) >= 11 is 1.86. The topological polar surface area (TPSA) is 19.6 Å². The predicted molar refractivity (Wildman–Crippen MR) is 271 cm³/mol. The highest BCUT2D eigenvalue weighted by atomic mass is 32.2. The Balaban J connectivity index is 0.985. The van der Waals surface area contributed by atoms with Gasteiger partial charge in [0.15, 0.2) is 5.58 Å². The van der Waals surface area contributed by atoms with Gasteiger partial charge >= 0.3 is 0 Å². The third kappa shape index (κ3) is 5.84. The van der Waals surface area contributed by atoms with Crippen molar-refractivity contribution in [2.75, 3.05) is 9.80 Å². The van der Waals surface area contributed by atoms with Crippen molar-refractivity contribution in [2.24, 2.45) is 0 Å². The fourth-order valence-corrected chi connectivity index (χ4v) is 11.1. The van der Waals surface area contributed by atoms with Gasteiger partial charge in [0, 0.05) is 54.0 Å². The van der Waals surface area contributed by atoms with E-state index in [1.54, 1.807) is 0 Å². The van der Waals surface area contributed by atoms with Crippen LogP contribution in [0.15, 0.2) is 245 Å². The molecule has 0 saturated heterocycles. The molecule has 1 aliphatic rings. The molecule has 0 radical (unpaired) electrons. The number of hydrogen-bond acceptors (Lipinski definition) is 4. The highest BCUT2D eigenvalue weighted by Gasteiger charge is 2.26. The summed E-state index contributed by atoms with van der Waals surface area (Å²) in [4.78, 5) is 7.27. The first kappa shape index (κ1) is 36.6. The molecular weight excluding hydrogens is 797 g/mol. The minimum atomic E-state index is 0.865. The van der Waals surface area contributed by atoms with Crippen molar-refractivity contribution in [1.82, 2.24) is 0 Å². The summed E-state index contributed by atoms with van der Waals surface area (Å²) in [7, 11) is 0. The molecule has 13 rings (SSSR count). The highest BCUT2D eigenvalue weighted by Crippen LogP contribution is 2.53. The molecule has 0 bridgehead atoms. The molecule has 0 aliphatic carbocycles. The summed E-state index contributed by atoms with van der Waals surface area (Å²) in [5.74, 6) is 0. The van der Waals surface area contributed by atoms with Crippen molar-refractivity contribution in [1.29, 1.82) is 0 Å². The predicted octanol–water partition coefficient (Wildman–Crippen LogP) is 17.8. The number of fused-ring (bicyclic) bond motifs is 8. The SMILES string of the molecule is c1ccc(-c2ccccc2N(c2ccc3c(c2)Sc2cccc4c2c-3cc2ccc(N(c3ccccc3)c3cccc5ccccc35)cc24)c2cccc3c2oc2ccccc23)cc1. The maximum absolute atomic E-state index is 6.73. The van der Waals surface area contributed by atoms with Crippen molar-refractivity contribution in [2.45, 2.75) is 9.79 Å². The van der Waals surface area contributed by atoms with E-state index in [2.05, 4.69) is 234 Å². The van der Waals surface area contributed by atoms with E-state index in [0.717, 1.165) is 67.2 Å². The second-order valence-corrected chi connectivity index (χ2v) is 17.5. The molecule has 12 aromatic rings. The van der Waals surface area contributed by atoms with Crippen LogP contribution in [0.4, 0.5) is 34.1 Å². The Kier molecular flexibility index (Phi) is 8.46. The number of para-hydroxylation sites is 4. The lowest BCUT2D eigenvalue weighted by atomic mass is 9.92. The molecular formula is C60H38N2OS. The average molecular weight is 835 g/mol. The molecule has 1 aromatic heterocycles. The summed E-state index contributed by atoms with van der Waals surface area (Å²) in [6.07, 6.45) is 0. The standard InChI is InChI=1S/C60H38N2OS/c1-3-16-39(17-4-1)46-23-9-11-27-54(46)62(55-29-14-26-50-47-24-10-12-30-56(47)63-60(50)55)44-34-35-48-52-36-41-32-33-43(37-51(41)49-25-15-31-57(59(49)52)64-58(48)38-44)61(42-20-5-2-6-21-42)53-28-13-19-40-18-7-8-22-45(40)53/h1-38H. The van der Waals surface area contributed by atoms with Gasteiger partial charge in [-0.1, -0.05) is 169 Å². The summed E-state index contributed by atoms with van der Waals surface area (Å²) in [5.41, 5.74) is 13.1. The van der Waals surface area contributed by atoms with Crippen molar-refractivity contribution >= 4 is 100 Å². The molecule has 1 aliphatic heterocycles. The number of furan rings is 1. The summed E-state index contributed by atoms with van der Waals surface area (Å²) in [5, 5.41) is 9.66. The van der Waals surface area contributed by atoms with Gasteiger partial charge in [0.2, 0.25) is 0 Å². The van der Waals surface area contributed by atoms with E-state index in [1.165, 1.54) is 53.2 Å². The van der Waals surface area contributed by atoms with Crippen LogP contribution in [0, 0.1) is 0 Å². The molecule has 0 saturated carbocycles. The molecule has 300 valence electrons. The Morgan fingerprint density at radius 2 is 0.984 bits per heavy atom. The van der Waals surface area contributed by atoms with Crippen LogP contribution < -0.4 is 9.80 Å². The van der Waals surface area contributed by atoms with E-state index < -0.39 is 0 Å². The Labute approximate surface area is 375 Å². The lowest BCUT2D eigenvalue weighted by molar-refractivity contribution is 0.669. The Hall–Kier alpha value is -8.05. The minimum Gasteiger partial charge on any atom is -0.454 e. The molecule has 4 heteroatoms. The van der Waals surface area contributed by atoms with Crippen LogP contribution in [0.25, 0.3) is 76.5 Å². The van der Waals surface area contributed by atoms with Gasteiger partial charge in [0.1, 0.15) is 5.58 Å². The van der Waals surface area contributed by atoms with Gasteiger partial charge in [-0.05, 0) is 111 Å². The van der Waals surface area contributed by atoms with Gasteiger partial charge in [0.25, 0.3) is 0 Å². The van der Waals surface area contributed by atoms with E-state index in [1.807, 2.05) is 17.8 Å². The molecule has 0 amide bonds. The number of benzene rings is 11. The van der Waals surface area contributed by atoms with Crippen LogP contribution >= 0.6 is 11.8 Å². The van der Waals surface area contributed by atoms with Gasteiger partial charge in [-0.3, -0.25) is 0 Å². The van der Waals surface area contributed by atoms with Gasteiger partial charge in [-0.15, -0.1) is 0 Å². The lowest BCUT2D eigenvalue weighted by Crippen LogP contribution is -2.12. The molecule has 11 aromatic carbocycles. The minimum absolute atomic E-state index is 0.865. The first-order chi connectivity index (χ1) is 31.7. The van der Waals surface area contributed by atoms with Crippen LogP contribution in [0.2, 0.25) is 0 Å². The molecule has 0 atom stereocenters. The first-order valence-corrected chi connectivity index (χ1v) is 22.6. The second kappa shape index (κ2) is 14.8. The van der Waals surface area contributed by atoms with Crippen LogP contribution in [0.5, 0.6) is 0 Å². The van der Waals surface area contributed by atoms with Crippen LogP contribution in [-0.4, -0.2) is 0 Å². The molecule has 3 nitrogen and oxygen atoms in total. The first-order valence-electron chi connectivity index (χ1n) is 21.7. The Morgan fingerprint density at radius 3 is 1.89 bits per heavy atom. The third-order valence-corrected chi connectivity index (χ3v) is 13.9. The molecule has 0 N–H and O–H groups in total. The Morgan fingerprint density at radius 1 is 0.328 bits per heavy atom. The number of anilines is 6. The molecule has 0 spiro atoms. The number of hydrogen-bond donors (Lipinski definition) is 0. The van der Waals surface area contributed by atoms with Gasteiger partial charge < -0.3 is 14.2 Å². The monoisotopic (exact) mass is 834 g/mol. The van der Waals surface area contributed by atoms with E-state index >= 15 is 0 Å². The number of nitrogens with zero attached hydrogens (tertiary/aromatic N) is 2. The van der Waals surface area contributed by atoms with Crippen molar-refractivity contribution in [3.05, 3.63) is 231 Å². The summed E-state index contributed by atoms with van der Waals surface area (Å²) < 4.78 is 6.73. The van der Waals surface area contributed by atoms with E-state index in [-0.39, 0.29) is 0 Å². The van der Waals surface area contributed by atoms with E-state index in [4.69, 9.17) is 4.42 Å². The highest BCUT2D eigenvalue weighted by molar-refractivity contribution is 7.99. The summed E-state index contributed by atoms with van der Waals surface area (Å²) in [6, 6.07) is 83.4. The smallest absolute Gasteiger partial charge is 0.159 e. The fourth-order valence-electron chi connectivity index (χ4n) is 9.93. The average Bonchev–Trinajstić information content (AvgIpc) is 3.75. The third-order valence-electron chi connectivity index (χ3n) is 12.8. The van der Waals surface area contributed by atoms with Crippen LogP contribution in [0.1, 0.15) is 0 Å². The molecule has 0 unspecified atom stereocenters. The Bertz CT molecular complexity index is 3780. The largest absolute Gasteiger partial charge is 0.454 e. The maximum atomic E-state index is 6.73. The van der Waals surface area contributed by atoms with Crippen LogP contribution in [0.3, 0.4) is 0 Å². The maximum Gasteiger partial charge on any atom is 0.159 e. The normalized spacial score (nSPS) is 12.0. The molecule has 64 heavy (non-hydrogen) atoms. The van der Waals surface area contributed by atoms with Crippen molar-refractivity contribution < 1.29 is 4.42 Å². The lowest BCUT2D eigenvalue weighted by Gasteiger charge is -2.30. The summed E-state index contributed by atoms with van der Waals surface area (Å²) in [6.45, 7) is 0. The zero-order chi connectivity index (χ0) is 42.1. The van der Waals surface area contributed by atoms with Gasteiger partial charge in [-0.25, -0.2) is 0 Å². The van der Waals surface area contributed by atoms with Gasteiger partial charge in [-0.2, -0.15) is 0 Å².